The molecule has 2 rings (SSSR count). The Morgan fingerprint density at radius 2 is 1.95 bits per heavy atom. The van der Waals surface area contributed by atoms with Gasteiger partial charge in [0.15, 0.2) is 0 Å². The highest BCUT2D eigenvalue weighted by Crippen LogP contribution is 2.34. The molecule has 0 amide bonds. The molecule has 0 aliphatic carbocycles. The molecule has 0 radical (unpaired) electrons. The second-order valence-corrected chi connectivity index (χ2v) is 6.11. The highest BCUT2D eigenvalue weighted by molar-refractivity contribution is 7.92. The molecule has 21 heavy (non-hydrogen) atoms. The summed E-state index contributed by atoms with van der Waals surface area (Å²) in [5.41, 5.74) is -4.61. The molecule has 0 unspecified atom stereocenters. The van der Waals surface area contributed by atoms with Gasteiger partial charge in [0.1, 0.15) is 0 Å². The number of H-pyrrole nitrogens is 1. The van der Waals surface area contributed by atoms with E-state index in [1.165, 1.54) is 24.5 Å². The zero-order chi connectivity index (χ0) is 15.5. The summed E-state index contributed by atoms with van der Waals surface area (Å²) in [6, 6.07) is 4.94. The van der Waals surface area contributed by atoms with Gasteiger partial charge >= 0.3 is 5.51 Å². The fourth-order valence-electron chi connectivity index (χ4n) is 1.72. The lowest BCUT2D eigenvalue weighted by Gasteiger charge is -2.13. The predicted octanol–water partition coefficient (Wildman–Crippen LogP) is 2.36. The average Bonchev–Trinajstić information content (AvgIpc) is 2.91. The summed E-state index contributed by atoms with van der Waals surface area (Å²) in [7, 11) is -5.37. The van der Waals surface area contributed by atoms with Crippen LogP contribution in [0.3, 0.4) is 0 Å². The van der Waals surface area contributed by atoms with Crippen LogP contribution in [-0.2, 0) is 16.3 Å². The number of sulfone groups is 1. The van der Waals surface area contributed by atoms with E-state index in [4.69, 9.17) is 0 Å². The van der Waals surface area contributed by atoms with Crippen LogP contribution in [-0.4, -0.2) is 30.4 Å². The van der Waals surface area contributed by atoms with Crippen molar-refractivity contribution in [2.75, 3.05) is 11.9 Å². The number of para-hydroxylation sites is 1. The molecule has 0 atom stereocenters. The van der Waals surface area contributed by atoms with E-state index in [0.29, 0.717) is 6.42 Å². The number of nitrogens with zero attached hydrogens (tertiary/aromatic N) is 1. The van der Waals surface area contributed by atoms with Crippen molar-refractivity contribution >= 4 is 15.5 Å². The highest BCUT2D eigenvalue weighted by atomic mass is 32.2. The summed E-state index contributed by atoms with van der Waals surface area (Å²) < 4.78 is 60.8. The minimum atomic E-state index is -5.37. The third-order valence-corrected chi connectivity index (χ3v) is 4.29. The van der Waals surface area contributed by atoms with Gasteiger partial charge in [-0.05, 0) is 12.1 Å². The first-order valence-electron chi connectivity index (χ1n) is 5.94. The molecule has 0 bridgehead atoms. The van der Waals surface area contributed by atoms with Crippen LogP contribution in [0.15, 0.2) is 41.7 Å². The molecule has 0 fully saturated rings. The maximum Gasteiger partial charge on any atom is 0.501 e. The highest BCUT2D eigenvalue weighted by Gasteiger charge is 2.47. The third kappa shape index (κ3) is 3.35. The zero-order valence-electron chi connectivity index (χ0n) is 10.7. The molecule has 0 aliphatic rings. The van der Waals surface area contributed by atoms with Gasteiger partial charge in [-0.2, -0.15) is 13.2 Å². The van der Waals surface area contributed by atoms with Crippen molar-refractivity contribution in [2.24, 2.45) is 0 Å². The van der Waals surface area contributed by atoms with Crippen molar-refractivity contribution in [1.82, 2.24) is 9.97 Å². The molecule has 2 N–H and O–H groups in total. The molecule has 114 valence electrons. The molecule has 2 aromatic rings. The van der Waals surface area contributed by atoms with Crippen LogP contribution in [0.5, 0.6) is 0 Å². The SMILES string of the molecule is O=S(=O)(c1ccccc1NCCc1cnc[nH]1)C(F)(F)F. The number of hydrogen-bond acceptors (Lipinski definition) is 4. The maximum atomic E-state index is 12.6. The molecule has 5 nitrogen and oxygen atoms in total. The van der Waals surface area contributed by atoms with Gasteiger partial charge in [-0.1, -0.05) is 12.1 Å². The average molecular weight is 319 g/mol. The fourth-order valence-corrected chi connectivity index (χ4v) is 2.66. The number of anilines is 1. The van der Waals surface area contributed by atoms with E-state index in [2.05, 4.69) is 15.3 Å². The van der Waals surface area contributed by atoms with Gasteiger partial charge in [0.2, 0.25) is 0 Å². The third-order valence-electron chi connectivity index (χ3n) is 2.75. The van der Waals surface area contributed by atoms with Gasteiger partial charge < -0.3 is 10.3 Å². The first-order valence-corrected chi connectivity index (χ1v) is 7.42. The number of hydrogen-bond donors (Lipinski definition) is 2. The second-order valence-electron chi connectivity index (χ2n) is 4.20. The first-order chi connectivity index (χ1) is 9.82. The Kier molecular flexibility index (Phi) is 4.21. The van der Waals surface area contributed by atoms with Crippen LogP contribution in [0.1, 0.15) is 5.69 Å². The van der Waals surface area contributed by atoms with Gasteiger partial charge in [0.25, 0.3) is 9.84 Å². The maximum absolute atomic E-state index is 12.6. The van der Waals surface area contributed by atoms with Crippen LogP contribution in [0.25, 0.3) is 0 Å². The molecule has 1 aromatic heterocycles. The number of aromatic amines is 1. The molecule has 9 heteroatoms. The number of rotatable bonds is 5. The van der Waals surface area contributed by atoms with E-state index >= 15 is 0 Å². The van der Waals surface area contributed by atoms with Crippen LogP contribution in [0, 0.1) is 0 Å². The quantitative estimate of drug-likeness (QED) is 0.887. The van der Waals surface area contributed by atoms with Crippen molar-refractivity contribution in [3.05, 3.63) is 42.5 Å². The Bertz CT molecular complexity index is 697. The van der Waals surface area contributed by atoms with E-state index in [1.807, 2.05) is 0 Å². The van der Waals surface area contributed by atoms with Crippen LogP contribution in [0.4, 0.5) is 18.9 Å². The van der Waals surface area contributed by atoms with Crippen LogP contribution in [0.2, 0.25) is 0 Å². The molecular weight excluding hydrogens is 307 g/mol. The minimum absolute atomic E-state index is 0.0747. The number of benzene rings is 1. The molecular formula is C12H12F3N3O2S. The standard InChI is InChI=1S/C12H12F3N3O2S/c13-12(14,15)21(19,20)11-4-2-1-3-10(11)17-6-5-9-7-16-8-18-9/h1-4,7-8,17H,5-6H2,(H,16,18). The minimum Gasteiger partial charge on any atom is -0.384 e. The Morgan fingerprint density at radius 1 is 1.24 bits per heavy atom. The topological polar surface area (TPSA) is 74.8 Å². The van der Waals surface area contributed by atoms with Gasteiger partial charge in [0.05, 0.1) is 16.9 Å². The lowest BCUT2D eigenvalue weighted by atomic mass is 10.3. The van der Waals surface area contributed by atoms with Gasteiger partial charge in [0, 0.05) is 24.9 Å². The number of halogens is 3. The summed E-state index contributed by atoms with van der Waals surface area (Å²) in [4.78, 5) is 5.88. The normalized spacial score (nSPS) is 12.3. The number of alkyl halides is 3. The van der Waals surface area contributed by atoms with E-state index in [1.54, 1.807) is 6.20 Å². The fraction of sp³-hybridized carbons (Fsp3) is 0.250. The summed E-state index contributed by atoms with van der Waals surface area (Å²) in [6.07, 6.45) is 3.54. The van der Waals surface area contributed by atoms with Crippen LogP contribution < -0.4 is 5.32 Å². The van der Waals surface area contributed by atoms with E-state index < -0.39 is 20.2 Å². The summed E-state index contributed by atoms with van der Waals surface area (Å²) in [5.74, 6) is 0. The van der Waals surface area contributed by atoms with Crippen molar-refractivity contribution in [2.45, 2.75) is 16.8 Å². The van der Waals surface area contributed by atoms with Crippen molar-refractivity contribution < 1.29 is 21.6 Å². The van der Waals surface area contributed by atoms with Gasteiger partial charge in [-0.15, -0.1) is 0 Å². The lowest BCUT2D eigenvalue weighted by molar-refractivity contribution is -0.0435. The Hall–Kier alpha value is -2.03. The van der Waals surface area contributed by atoms with Crippen molar-refractivity contribution in [3.8, 4) is 0 Å². The molecule has 0 saturated carbocycles. The summed E-state index contributed by atoms with van der Waals surface area (Å²) >= 11 is 0. The van der Waals surface area contributed by atoms with E-state index in [9.17, 15) is 21.6 Å². The smallest absolute Gasteiger partial charge is 0.384 e. The largest absolute Gasteiger partial charge is 0.501 e. The van der Waals surface area contributed by atoms with Crippen molar-refractivity contribution in [3.63, 3.8) is 0 Å². The number of imidazole rings is 1. The summed E-state index contributed by atoms with van der Waals surface area (Å²) in [6.45, 7) is 0.270. The summed E-state index contributed by atoms with van der Waals surface area (Å²) in [5, 5.41) is 2.70. The number of aromatic nitrogens is 2. The Balaban J connectivity index is 2.18. The number of nitrogens with one attached hydrogen (secondary N) is 2. The molecule has 0 aliphatic heterocycles. The molecule has 1 aromatic carbocycles. The molecule has 0 spiro atoms. The molecule has 1 heterocycles. The van der Waals surface area contributed by atoms with E-state index in [-0.39, 0.29) is 12.2 Å². The Labute approximate surface area is 119 Å². The van der Waals surface area contributed by atoms with Gasteiger partial charge in [-0.3, -0.25) is 0 Å². The Morgan fingerprint density at radius 3 is 2.57 bits per heavy atom. The first kappa shape index (κ1) is 15.4. The van der Waals surface area contributed by atoms with Crippen LogP contribution >= 0.6 is 0 Å². The lowest BCUT2D eigenvalue weighted by Crippen LogP contribution is -2.24. The zero-order valence-corrected chi connectivity index (χ0v) is 11.5. The predicted molar refractivity (Wildman–Crippen MR) is 70.5 cm³/mol. The van der Waals surface area contributed by atoms with Crippen molar-refractivity contribution in [1.29, 1.82) is 0 Å². The van der Waals surface area contributed by atoms with E-state index in [0.717, 1.165) is 11.8 Å². The monoisotopic (exact) mass is 319 g/mol. The second kappa shape index (κ2) is 5.76. The molecule has 0 saturated heterocycles. The van der Waals surface area contributed by atoms with Gasteiger partial charge in [-0.25, -0.2) is 13.4 Å².